The highest BCUT2D eigenvalue weighted by Crippen LogP contribution is 2.40. The van der Waals surface area contributed by atoms with Gasteiger partial charge in [0.2, 0.25) is 5.78 Å². The van der Waals surface area contributed by atoms with Gasteiger partial charge in [-0.3, -0.25) is 9.69 Å². The second kappa shape index (κ2) is 7.08. The van der Waals surface area contributed by atoms with Crippen molar-refractivity contribution in [3.05, 3.63) is 65.0 Å². The van der Waals surface area contributed by atoms with Gasteiger partial charge in [0.15, 0.2) is 5.76 Å². The summed E-state index contributed by atoms with van der Waals surface area (Å²) in [4.78, 5) is 18.5. The van der Waals surface area contributed by atoms with Crippen LogP contribution in [0.25, 0.3) is 17.0 Å². The minimum absolute atomic E-state index is 0.140. The van der Waals surface area contributed by atoms with Gasteiger partial charge in [0, 0.05) is 35.8 Å². The third-order valence-electron chi connectivity index (χ3n) is 5.95. The maximum Gasteiger partial charge on any atom is 0.231 e. The van der Waals surface area contributed by atoms with Gasteiger partial charge in [0.1, 0.15) is 11.5 Å². The van der Waals surface area contributed by atoms with Gasteiger partial charge in [0.25, 0.3) is 0 Å². The molecule has 1 saturated heterocycles. The molecule has 0 aliphatic carbocycles. The zero-order valence-electron chi connectivity index (χ0n) is 16.4. The minimum Gasteiger partial charge on any atom is -0.507 e. The summed E-state index contributed by atoms with van der Waals surface area (Å²) in [7, 11) is 0. The van der Waals surface area contributed by atoms with Gasteiger partial charge in [-0.25, -0.2) is 0 Å². The molecule has 2 N–H and O–H groups in total. The van der Waals surface area contributed by atoms with E-state index >= 15 is 0 Å². The lowest BCUT2D eigenvalue weighted by Gasteiger charge is -2.31. The van der Waals surface area contributed by atoms with E-state index in [0.29, 0.717) is 35.1 Å². The number of aromatic nitrogens is 1. The number of hydrogen-bond donors (Lipinski definition) is 2. The molecule has 1 aromatic heterocycles. The molecule has 3 aromatic rings. The molecular weight excluding hydrogens is 364 g/mol. The smallest absolute Gasteiger partial charge is 0.231 e. The van der Waals surface area contributed by atoms with Crippen LogP contribution in [0, 0.1) is 5.92 Å². The lowest BCUT2D eigenvalue weighted by molar-refractivity contribution is 0.101. The molecular formula is C24H24N2O3. The summed E-state index contributed by atoms with van der Waals surface area (Å²) in [5.74, 6) is 1.48. The second-order valence-electron chi connectivity index (χ2n) is 8.15. The monoisotopic (exact) mass is 388 g/mol. The first-order valence-corrected chi connectivity index (χ1v) is 10.2. The van der Waals surface area contributed by atoms with Crippen molar-refractivity contribution in [2.24, 2.45) is 5.92 Å². The van der Waals surface area contributed by atoms with Crippen molar-refractivity contribution in [3.63, 3.8) is 0 Å². The molecule has 29 heavy (non-hydrogen) atoms. The number of para-hydroxylation sites is 1. The van der Waals surface area contributed by atoms with Crippen molar-refractivity contribution in [1.29, 1.82) is 0 Å². The summed E-state index contributed by atoms with van der Waals surface area (Å²) in [5, 5.41) is 11.5. The third-order valence-corrected chi connectivity index (χ3v) is 5.95. The maximum atomic E-state index is 13.0. The van der Waals surface area contributed by atoms with Crippen molar-refractivity contribution in [2.75, 3.05) is 13.1 Å². The number of carbonyl (C=O) groups excluding carboxylic acids is 1. The number of hydrogen-bond acceptors (Lipinski definition) is 4. The Bertz CT molecular complexity index is 1130. The van der Waals surface area contributed by atoms with Crippen LogP contribution in [0.3, 0.4) is 0 Å². The topological polar surface area (TPSA) is 65.6 Å². The van der Waals surface area contributed by atoms with Gasteiger partial charge in [0.05, 0.1) is 11.1 Å². The van der Waals surface area contributed by atoms with E-state index in [2.05, 4.69) is 16.8 Å². The molecule has 2 aromatic carbocycles. The van der Waals surface area contributed by atoms with Crippen LogP contribution in [0.15, 0.2) is 48.4 Å². The number of fused-ring (bicyclic) bond motifs is 2. The number of phenols is 1. The summed E-state index contributed by atoms with van der Waals surface area (Å²) in [6.45, 7) is 4.84. The van der Waals surface area contributed by atoms with Gasteiger partial charge in [-0.15, -0.1) is 0 Å². The number of Topliss-reactive ketones (excluding diaryl/α,β-unsaturated/α-hetero) is 1. The highest BCUT2D eigenvalue weighted by atomic mass is 16.5. The van der Waals surface area contributed by atoms with E-state index in [1.54, 1.807) is 18.2 Å². The quantitative estimate of drug-likeness (QED) is 0.637. The Morgan fingerprint density at radius 3 is 3.00 bits per heavy atom. The summed E-state index contributed by atoms with van der Waals surface area (Å²) in [5.41, 5.74) is 3.15. The Labute approximate surface area is 169 Å². The van der Waals surface area contributed by atoms with Crippen molar-refractivity contribution >= 4 is 22.8 Å². The number of ketones is 1. The van der Waals surface area contributed by atoms with E-state index in [0.717, 1.165) is 36.0 Å². The molecule has 0 amide bonds. The molecule has 2 aliphatic heterocycles. The number of rotatable bonds is 3. The van der Waals surface area contributed by atoms with Gasteiger partial charge < -0.3 is 14.8 Å². The number of likely N-dealkylation sites (tertiary alicyclic amines) is 1. The van der Waals surface area contributed by atoms with Crippen LogP contribution in [0.5, 0.6) is 11.5 Å². The average Bonchev–Trinajstić information content (AvgIpc) is 3.26. The van der Waals surface area contributed by atoms with E-state index in [-0.39, 0.29) is 11.5 Å². The first-order valence-electron chi connectivity index (χ1n) is 10.2. The van der Waals surface area contributed by atoms with E-state index in [4.69, 9.17) is 4.74 Å². The van der Waals surface area contributed by atoms with Gasteiger partial charge in [-0.1, -0.05) is 25.1 Å². The predicted molar refractivity (Wildman–Crippen MR) is 113 cm³/mol. The Morgan fingerprint density at radius 1 is 1.28 bits per heavy atom. The summed E-state index contributed by atoms with van der Waals surface area (Å²) < 4.78 is 6.03. The van der Waals surface area contributed by atoms with Gasteiger partial charge >= 0.3 is 0 Å². The lowest BCUT2D eigenvalue weighted by atomic mass is 9.99. The summed E-state index contributed by atoms with van der Waals surface area (Å²) in [6, 6.07) is 11.2. The Balaban J connectivity index is 1.49. The number of ether oxygens (including phenoxy) is 1. The van der Waals surface area contributed by atoms with Crippen LogP contribution in [-0.2, 0) is 6.54 Å². The molecule has 1 fully saturated rings. The van der Waals surface area contributed by atoms with E-state index in [1.165, 1.54) is 6.42 Å². The first kappa shape index (κ1) is 18.0. The average molecular weight is 388 g/mol. The highest BCUT2D eigenvalue weighted by molar-refractivity contribution is 6.15. The maximum absolute atomic E-state index is 13.0. The van der Waals surface area contributed by atoms with E-state index in [9.17, 15) is 9.90 Å². The largest absolute Gasteiger partial charge is 0.507 e. The minimum atomic E-state index is -0.140. The standard InChI is InChI=1S/C24H24N2O3/c1-15-5-4-10-26(13-15)14-19-21(27)9-8-18-23(28)22(29-24(18)19)11-16-12-25-20-7-3-2-6-17(16)20/h2-3,6-9,11-12,15,25,27H,4-5,10,13-14H2,1H3/b22-11-/t15-/m1/s1. The molecule has 0 spiro atoms. The fourth-order valence-electron chi connectivity index (χ4n) is 4.46. The SMILES string of the molecule is C[C@@H]1CCCN(Cc2c(O)ccc3c2O/C(=C\c2c[nH]c4ccccc24)C3=O)C1. The summed E-state index contributed by atoms with van der Waals surface area (Å²) >= 11 is 0. The number of carbonyl (C=O) groups is 1. The van der Waals surface area contributed by atoms with Gasteiger partial charge in [-0.05, 0) is 49.6 Å². The molecule has 1 atom stereocenters. The number of allylic oxidation sites excluding steroid dienone is 1. The molecule has 2 aliphatic rings. The Hall–Kier alpha value is -3.05. The van der Waals surface area contributed by atoms with Crippen LogP contribution in [-0.4, -0.2) is 33.9 Å². The number of H-pyrrole nitrogens is 1. The number of piperidine rings is 1. The fourth-order valence-corrected chi connectivity index (χ4v) is 4.46. The lowest BCUT2D eigenvalue weighted by Crippen LogP contribution is -2.33. The molecule has 3 heterocycles. The summed E-state index contributed by atoms with van der Waals surface area (Å²) in [6.07, 6.45) is 6.06. The fraction of sp³-hybridized carbons (Fsp3) is 0.292. The first-order chi connectivity index (χ1) is 14.1. The zero-order chi connectivity index (χ0) is 20.0. The zero-order valence-corrected chi connectivity index (χ0v) is 16.4. The van der Waals surface area contributed by atoms with E-state index < -0.39 is 0 Å². The number of aromatic hydroxyl groups is 1. The Morgan fingerprint density at radius 2 is 2.14 bits per heavy atom. The van der Waals surface area contributed by atoms with Crippen LogP contribution in [0.2, 0.25) is 0 Å². The normalized spacial score (nSPS) is 20.9. The van der Waals surface area contributed by atoms with Crippen LogP contribution < -0.4 is 4.74 Å². The molecule has 148 valence electrons. The van der Waals surface area contributed by atoms with Crippen molar-refractivity contribution < 1.29 is 14.6 Å². The van der Waals surface area contributed by atoms with Crippen LogP contribution >= 0.6 is 0 Å². The van der Waals surface area contributed by atoms with Gasteiger partial charge in [-0.2, -0.15) is 0 Å². The highest BCUT2D eigenvalue weighted by Gasteiger charge is 2.32. The molecule has 0 radical (unpaired) electrons. The third kappa shape index (κ3) is 3.21. The van der Waals surface area contributed by atoms with Crippen LogP contribution in [0.1, 0.15) is 41.3 Å². The second-order valence-corrected chi connectivity index (χ2v) is 8.15. The number of nitrogens with one attached hydrogen (secondary N) is 1. The van der Waals surface area contributed by atoms with Crippen molar-refractivity contribution in [2.45, 2.75) is 26.3 Å². The molecule has 0 bridgehead atoms. The molecule has 5 heteroatoms. The van der Waals surface area contributed by atoms with Crippen molar-refractivity contribution in [1.82, 2.24) is 9.88 Å². The Kier molecular flexibility index (Phi) is 4.40. The van der Waals surface area contributed by atoms with Crippen molar-refractivity contribution in [3.8, 4) is 11.5 Å². The predicted octanol–water partition coefficient (Wildman–Crippen LogP) is 4.72. The molecule has 0 unspecified atom stereocenters. The molecule has 0 saturated carbocycles. The molecule has 5 rings (SSSR count). The number of phenolic OH excluding ortho intramolecular Hbond substituents is 1. The van der Waals surface area contributed by atoms with E-state index in [1.807, 2.05) is 30.5 Å². The number of aromatic amines is 1. The molecule has 5 nitrogen and oxygen atoms in total. The van der Waals surface area contributed by atoms with Crippen LogP contribution in [0.4, 0.5) is 0 Å². The number of benzene rings is 2. The number of nitrogens with zero attached hydrogens (tertiary/aromatic N) is 1.